The summed E-state index contributed by atoms with van der Waals surface area (Å²) < 4.78 is 11.0. The highest BCUT2D eigenvalue weighted by Crippen LogP contribution is 2.21. The largest absolute Gasteiger partial charge is 0.462 e. The molecule has 0 unspecified atom stereocenters. The molecule has 4 heteroatoms. The summed E-state index contributed by atoms with van der Waals surface area (Å²) in [5.74, 6) is -0.298. The van der Waals surface area contributed by atoms with E-state index in [-0.39, 0.29) is 0 Å². The fourth-order valence-corrected chi connectivity index (χ4v) is 3.85. The van der Waals surface area contributed by atoms with Gasteiger partial charge in [0.1, 0.15) is 5.75 Å². The summed E-state index contributed by atoms with van der Waals surface area (Å²) in [4.78, 5) is 25.0. The quantitative estimate of drug-likeness (QED) is 0.147. The monoisotopic (exact) mass is 452 g/mol. The molecule has 0 N–H and O–H groups in total. The van der Waals surface area contributed by atoms with Crippen LogP contribution in [0, 0.1) is 0 Å². The van der Waals surface area contributed by atoms with Crippen LogP contribution in [0.5, 0.6) is 5.75 Å². The van der Waals surface area contributed by atoms with Crippen molar-refractivity contribution in [3.05, 3.63) is 65.2 Å². The van der Waals surface area contributed by atoms with Crippen molar-refractivity contribution in [1.82, 2.24) is 0 Å². The average Bonchev–Trinajstić information content (AvgIpc) is 2.84. The molecule has 0 bridgehead atoms. The van der Waals surface area contributed by atoms with E-state index in [0.29, 0.717) is 23.5 Å². The van der Waals surface area contributed by atoms with Gasteiger partial charge in [0.05, 0.1) is 17.7 Å². The Kier molecular flexibility index (Phi) is 13.0. The Hall–Kier alpha value is -2.62. The molecule has 0 atom stereocenters. The number of carbonyl (C=O) groups excluding carboxylic acids is 2. The molecule has 0 saturated carbocycles. The molecule has 0 aliphatic carbocycles. The zero-order valence-electron chi connectivity index (χ0n) is 20.4. The molecule has 0 aliphatic heterocycles. The van der Waals surface area contributed by atoms with Crippen LogP contribution in [0.4, 0.5) is 0 Å². The molecule has 0 aromatic heterocycles. The molecule has 4 nitrogen and oxygen atoms in total. The van der Waals surface area contributed by atoms with E-state index in [1.165, 1.54) is 51.4 Å². The van der Waals surface area contributed by atoms with Crippen LogP contribution in [-0.4, -0.2) is 18.5 Å². The minimum absolute atomic E-state index is 0.342. The van der Waals surface area contributed by atoms with Crippen LogP contribution in [0.25, 0.3) is 0 Å². The molecule has 0 fully saturated rings. The first-order chi connectivity index (χ1) is 16.2. The van der Waals surface area contributed by atoms with Gasteiger partial charge in [-0.05, 0) is 42.7 Å². The maximum Gasteiger partial charge on any atom is 0.343 e. The fraction of sp³-hybridized carbons (Fsp3) is 0.517. The van der Waals surface area contributed by atoms with E-state index < -0.39 is 11.9 Å². The van der Waals surface area contributed by atoms with Gasteiger partial charge in [-0.2, -0.15) is 0 Å². The van der Waals surface area contributed by atoms with E-state index in [2.05, 4.69) is 13.8 Å². The molecule has 0 heterocycles. The Morgan fingerprint density at radius 2 is 1.27 bits per heavy atom. The number of benzene rings is 2. The lowest BCUT2D eigenvalue weighted by Crippen LogP contribution is -2.12. The van der Waals surface area contributed by atoms with Crippen LogP contribution >= 0.6 is 0 Å². The highest BCUT2D eigenvalue weighted by molar-refractivity contribution is 5.96. The molecule has 0 saturated heterocycles. The van der Waals surface area contributed by atoms with Crippen LogP contribution in [-0.2, 0) is 11.2 Å². The molecule has 180 valence electrons. The van der Waals surface area contributed by atoms with Gasteiger partial charge in [-0.25, -0.2) is 9.59 Å². The molecule has 0 spiro atoms. The van der Waals surface area contributed by atoms with Crippen LogP contribution in [0.3, 0.4) is 0 Å². The topological polar surface area (TPSA) is 52.6 Å². The van der Waals surface area contributed by atoms with Crippen molar-refractivity contribution < 1.29 is 19.1 Å². The van der Waals surface area contributed by atoms with Gasteiger partial charge >= 0.3 is 11.9 Å². The molecule has 33 heavy (non-hydrogen) atoms. The first kappa shape index (κ1) is 26.6. The normalized spacial score (nSPS) is 10.7. The van der Waals surface area contributed by atoms with Gasteiger partial charge in [0.25, 0.3) is 0 Å². The minimum Gasteiger partial charge on any atom is -0.462 e. The summed E-state index contributed by atoms with van der Waals surface area (Å²) in [6.07, 6.45) is 14.2. The van der Waals surface area contributed by atoms with Gasteiger partial charge < -0.3 is 9.47 Å². The molecular formula is C29H40O4. The highest BCUT2D eigenvalue weighted by atomic mass is 16.5. The third-order valence-electron chi connectivity index (χ3n) is 5.76. The second-order valence-corrected chi connectivity index (χ2v) is 8.65. The number of carbonyl (C=O) groups is 2. The van der Waals surface area contributed by atoms with Crippen molar-refractivity contribution in [3.8, 4) is 5.75 Å². The van der Waals surface area contributed by atoms with Crippen molar-refractivity contribution >= 4 is 11.9 Å². The Morgan fingerprint density at radius 1 is 0.667 bits per heavy atom. The van der Waals surface area contributed by atoms with Crippen molar-refractivity contribution in [1.29, 1.82) is 0 Å². The smallest absolute Gasteiger partial charge is 0.343 e. The maximum atomic E-state index is 12.6. The summed E-state index contributed by atoms with van der Waals surface area (Å²) in [5, 5.41) is 0. The van der Waals surface area contributed by atoms with Gasteiger partial charge in [-0.15, -0.1) is 0 Å². The lowest BCUT2D eigenvalue weighted by Gasteiger charge is -2.10. The van der Waals surface area contributed by atoms with E-state index in [9.17, 15) is 9.59 Å². The second-order valence-electron chi connectivity index (χ2n) is 8.65. The Morgan fingerprint density at radius 3 is 1.94 bits per heavy atom. The predicted octanol–water partition coefficient (Wildman–Crippen LogP) is 7.94. The molecule has 2 aromatic carbocycles. The van der Waals surface area contributed by atoms with Crippen LogP contribution < -0.4 is 4.74 Å². The Bertz CT molecular complexity index is 843. The van der Waals surface area contributed by atoms with Gasteiger partial charge in [0.15, 0.2) is 0 Å². The summed E-state index contributed by atoms with van der Waals surface area (Å²) in [7, 11) is 0. The zero-order chi connectivity index (χ0) is 23.7. The zero-order valence-corrected chi connectivity index (χ0v) is 20.4. The standard InChI is InChI=1S/C29H40O4/c1-3-5-6-7-8-9-10-11-12-15-22-32-28(30)25-19-16-20-26(23-25)29(31)33-27-21-14-13-18-24(27)17-4-2/h13-14,16,18-21,23H,3-12,15,17,22H2,1-2H3. The summed E-state index contributed by atoms with van der Waals surface area (Å²) in [5.41, 5.74) is 1.72. The van der Waals surface area contributed by atoms with Crippen LogP contribution in [0.15, 0.2) is 48.5 Å². The minimum atomic E-state index is -0.470. The summed E-state index contributed by atoms with van der Waals surface area (Å²) in [6, 6.07) is 14.1. The average molecular weight is 453 g/mol. The molecule has 0 radical (unpaired) electrons. The van der Waals surface area contributed by atoms with Crippen molar-refractivity contribution in [2.75, 3.05) is 6.61 Å². The molecule has 2 aromatic rings. The van der Waals surface area contributed by atoms with Crippen LogP contribution in [0.2, 0.25) is 0 Å². The lowest BCUT2D eigenvalue weighted by molar-refractivity contribution is 0.0497. The van der Waals surface area contributed by atoms with Crippen LogP contribution in [0.1, 0.15) is 111 Å². The molecule has 2 rings (SSSR count). The maximum absolute atomic E-state index is 12.6. The first-order valence-electron chi connectivity index (χ1n) is 12.7. The van der Waals surface area contributed by atoms with Gasteiger partial charge in [-0.3, -0.25) is 0 Å². The molecular weight excluding hydrogens is 412 g/mol. The number of unbranched alkanes of at least 4 members (excludes halogenated alkanes) is 9. The SMILES string of the molecule is CCCCCCCCCCCCOC(=O)c1cccc(C(=O)Oc2ccccc2CCC)c1. The summed E-state index contributed by atoms with van der Waals surface area (Å²) >= 11 is 0. The van der Waals surface area contributed by atoms with Gasteiger partial charge in [0.2, 0.25) is 0 Å². The summed E-state index contributed by atoms with van der Waals surface area (Å²) in [6.45, 7) is 4.74. The number of ether oxygens (including phenoxy) is 2. The van der Waals surface area contributed by atoms with Crippen molar-refractivity contribution in [2.24, 2.45) is 0 Å². The van der Waals surface area contributed by atoms with Crippen molar-refractivity contribution in [2.45, 2.75) is 90.9 Å². The van der Waals surface area contributed by atoms with E-state index in [1.54, 1.807) is 30.3 Å². The highest BCUT2D eigenvalue weighted by Gasteiger charge is 2.14. The van der Waals surface area contributed by atoms with E-state index in [4.69, 9.17) is 9.47 Å². The number of hydrogen-bond donors (Lipinski definition) is 0. The second kappa shape index (κ2) is 16.1. The third kappa shape index (κ3) is 10.2. The third-order valence-corrected chi connectivity index (χ3v) is 5.76. The van der Waals surface area contributed by atoms with E-state index in [1.807, 2.05) is 18.2 Å². The number of hydrogen-bond acceptors (Lipinski definition) is 4. The first-order valence-corrected chi connectivity index (χ1v) is 12.7. The van der Waals surface area contributed by atoms with Crippen molar-refractivity contribution in [3.63, 3.8) is 0 Å². The van der Waals surface area contributed by atoms with E-state index >= 15 is 0 Å². The molecule has 0 aliphatic rings. The van der Waals surface area contributed by atoms with Gasteiger partial charge in [-0.1, -0.05) is 102 Å². The Balaban J connectivity index is 1.72. The molecule has 0 amide bonds. The number of esters is 2. The fourth-order valence-electron chi connectivity index (χ4n) is 3.85. The number of para-hydroxylation sites is 1. The van der Waals surface area contributed by atoms with Gasteiger partial charge in [0, 0.05) is 0 Å². The van der Waals surface area contributed by atoms with E-state index in [0.717, 1.165) is 31.2 Å². The predicted molar refractivity (Wildman–Crippen MR) is 134 cm³/mol. The number of aryl methyl sites for hydroxylation is 1. The lowest BCUT2D eigenvalue weighted by atomic mass is 10.1. The number of rotatable bonds is 16. The Labute approximate surface area is 199 Å².